The van der Waals surface area contributed by atoms with E-state index in [-0.39, 0.29) is 0 Å². The van der Waals surface area contributed by atoms with Gasteiger partial charge in [0.25, 0.3) is 0 Å². The summed E-state index contributed by atoms with van der Waals surface area (Å²) in [5.74, 6) is 1.68. The summed E-state index contributed by atoms with van der Waals surface area (Å²) < 4.78 is 32.5. The van der Waals surface area contributed by atoms with Crippen LogP contribution >= 0.6 is 10.8 Å². The van der Waals surface area contributed by atoms with Crippen molar-refractivity contribution in [3.63, 3.8) is 0 Å². The number of benzene rings is 1. The van der Waals surface area contributed by atoms with E-state index in [9.17, 15) is 13.0 Å². The maximum atomic E-state index is 11.5. The molecule has 4 rings (SSSR count). The monoisotopic (exact) mass is 586 g/mol. The average Bonchev–Trinajstić information content (AvgIpc) is 3.34. The topological polar surface area (TPSA) is 98.7 Å². The molecule has 0 aliphatic carbocycles. The predicted octanol–water partition coefficient (Wildman–Crippen LogP) is 8.06. The van der Waals surface area contributed by atoms with Crippen LogP contribution in [0.1, 0.15) is 101 Å². The zero-order valence-electron chi connectivity index (χ0n) is 24.6. The second kappa shape index (κ2) is 14.3. The molecule has 1 fully saturated rings. The van der Waals surface area contributed by atoms with Gasteiger partial charge in [0.2, 0.25) is 0 Å². The van der Waals surface area contributed by atoms with Crippen LogP contribution in [0.15, 0.2) is 33.8 Å². The smallest absolute Gasteiger partial charge is 0.324 e. The van der Waals surface area contributed by atoms with E-state index in [0.717, 1.165) is 65.3 Å². The summed E-state index contributed by atoms with van der Waals surface area (Å²) in [6.07, 6.45) is 19.1. The highest BCUT2D eigenvalue weighted by molar-refractivity contribution is 8.70. The van der Waals surface area contributed by atoms with Gasteiger partial charge in [-0.2, -0.15) is 8.42 Å². The molecule has 220 valence electrons. The van der Waals surface area contributed by atoms with Gasteiger partial charge in [0.05, 0.1) is 11.0 Å². The van der Waals surface area contributed by atoms with Gasteiger partial charge in [0.1, 0.15) is 5.82 Å². The molecule has 0 radical (unpaired) electrons. The quantitative estimate of drug-likeness (QED) is 0.157. The van der Waals surface area contributed by atoms with E-state index in [2.05, 4.69) is 36.0 Å². The standard InChI is InChI=1S/C31H46N4O3S2/c1-22-21-28-29(23(2)30(22)39-40(36,37)38)34-31(33-28)27-16-12-8-11-15-26(32-24(27)3)14-10-7-5-6-9-13-25-17-19-35(4)20-18-25/h12,16,21,25H,5-11,13-15,17-20H2,1-4H3,(H,33,34)(H,36,37,38)/b16-12?,27-24+,32-26?. The summed E-state index contributed by atoms with van der Waals surface area (Å²) >= 11 is 0. The van der Waals surface area contributed by atoms with Crippen LogP contribution in [0.4, 0.5) is 0 Å². The van der Waals surface area contributed by atoms with Gasteiger partial charge in [-0.15, -0.1) is 0 Å². The molecule has 0 spiro atoms. The Morgan fingerprint density at radius 2 is 1.82 bits per heavy atom. The Kier molecular flexibility index (Phi) is 11.1. The molecular formula is C31H46N4O3S2. The average molecular weight is 587 g/mol. The lowest BCUT2D eigenvalue weighted by molar-refractivity contribution is 0.209. The first-order valence-corrected chi connectivity index (χ1v) is 17.7. The number of unbranched alkanes of at least 4 members (excludes halogenated alkanes) is 4. The molecule has 2 N–H and O–H groups in total. The van der Waals surface area contributed by atoms with Crippen molar-refractivity contribution >= 4 is 42.3 Å². The molecule has 0 unspecified atom stereocenters. The molecule has 0 atom stereocenters. The molecule has 3 heterocycles. The van der Waals surface area contributed by atoms with Gasteiger partial charge >= 0.3 is 9.15 Å². The molecule has 0 amide bonds. The van der Waals surface area contributed by atoms with E-state index >= 15 is 0 Å². The lowest BCUT2D eigenvalue weighted by Crippen LogP contribution is -2.30. The van der Waals surface area contributed by atoms with Gasteiger partial charge in [0, 0.05) is 32.7 Å². The van der Waals surface area contributed by atoms with Crippen molar-refractivity contribution in [2.45, 2.75) is 103 Å². The van der Waals surface area contributed by atoms with Crippen molar-refractivity contribution in [3.05, 3.63) is 40.9 Å². The third-order valence-electron chi connectivity index (χ3n) is 8.34. The van der Waals surface area contributed by atoms with Crippen molar-refractivity contribution in [1.29, 1.82) is 0 Å². The zero-order chi connectivity index (χ0) is 28.7. The maximum absolute atomic E-state index is 11.5. The summed E-state index contributed by atoms with van der Waals surface area (Å²) in [4.78, 5) is 16.4. The van der Waals surface area contributed by atoms with Crippen LogP contribution in [0.5, 0.6) is 0 Å². The van der Waals surface area contributed by atoms with Crippen molar-refractivity contribution in [3.8, 4) is 0 Å². The van der Waals surface area contributed by atoms with Crippen LogP contribution in [0.25, 0.3) is 16.6 Å². The molecular weight excluding hydrogens is 541 g/mol. The van der Waals surface area contributed by atoms with Gasteiger partial charge in [-0.25, -0.2) is 4.98 Å². The van der Waals surface area contributed by atoms with E-state index in [1.54, 1.807) is 0 Å². The second-order valence-corrected chi connectivity index (χ2v) is 14.9. The van der Waals surface area contributed by atoms with Crippen LogP contribution in [-0.4, -0.2) is 53.7 Å². The minimum atomic E-state index is -4.21. The Hall–Kier alpha value is -1.94. The normalized spacial score (nSPS) is 20.0. The summed E-state index contributed by atoms with van der Waals surface area (Å²) in [6, 6.07) is 1.89. The molecule has 1 aromatic heterocycles. The Balaban J connectivity index is 1.39. The fourth-order valence-corrected chi connectivity index (χ4v) is 8.02. The molecule has 2 aliphatic rings. The van der Waals surface area contributed by atoms with E-state index in [1.807, 2.05) is 19.9 Å². The maximum Gasteiger partial charge on any atom is 0.324 e. The van der Waals surface area contributed by atoms with Crippen molar-refractivity contribution in [2.75, 3.05) is 20.1 Å². The SMILES string of the molecule is C/C1=C(\c2nc3c(C)c(SS(=O)(=O)O)c(C)cc3[nH]2)C=CCCCC(CCCCCCCC2CCN(C)CC2)=N1. The molecule has 40 heavy (non-hydrogen) atoms. The third kappa shape index (κ3) is 8.78. The zero-order valence-corrected chi connectivity index (χ0v) is 26.3. The number of allylic oxidation sites excluding steroid dienone is 4. The molecule has 9 heteroatoms. The number of aromatic nitrogens is 2. The number of piperidine rings is 1. The first-order valence-electron chi connectivity index (χ1n) is 14.9. The van der Waals surface area contributed by atoms with E-state index in [4.69, 9.17) is 9.98 Å². The highest BCUT2D eigenvalue weighted by atomic mass is 33.1. The van der Waals surface area contributed by atoms with Gasteiger partial charge in [-0.1, -0.05) is 44.3 Å². The van der Waals surface area contributed by atoms with E-state index < -0.39 is 9.15 Å². The predicted molar refractivity (Wildman–Crippen MR) is 169 cm³/mol. The van der Waals surface area contributed by atoms with Crippen LogP contribution in [0.2, 0.25) is 0 Å². The molecule has 7 nitrogen and oxygen atoms in total. The number of H-pyrrole nitrogens is 1. The minimum Gasteiger partial charge on any atom is -0.338 e. The molecule has 1 aromatic carbocycles. The Morgan fingerprint density at radius 3 is 2.58 bits per heavy atom. The van der Waals surface area contributed by atoms with E-state index in [1.165, 1.54) is 70.2 Å². The van der Waals surface area contributed by atoms with Crippen LogP contribution in [0.3, 0.4) is 0 Å². The van der Waals surface area contributed by atoms with Crippen molar-refractivity contribution in [2.24, 2.45) is 10.9 Å². The molecule has 1 saturated heterocycles. The fourth-order valence-electron chi connectivity index (χ4n) is 6.00. The Labute approximate surface area is 244 Å². The number of nitrogens with one attached hydrogen (secondary N) is 1. The molecule has 0 saturated carbocycles. The Bertz CT molecular complexity index is 1370. The lowest BCUT2D eigenvalue weighted by Gasteiger charge is -2.28. The number of aliphatic imine (C=N–C) groups is 1. The first-order chi connectivity index (χ1) is 19.1. The highest BCUT2D eigenvalue weighted by Gasteiger charge is 2.19. The number of hydrogen-bond acceptors (Lipinski definition) is 6. The minimum absolute atomic E-state index is 0.468. The second-order valence-electron chi connectivity index (χ2n) is 11.7. The summed E-state index contributed by atoms with van der Waals surface area (Å²) in [6.45, 7) is 8.28. The third-order valence-corrected chi connectivity index (χ3v) is 10.5. The largest absolute Gasteiger partial charge is 0.338 e. The fraction of sp³-hybridized carbons (Fsp3) is 0.613. The molecule has 2 aliphatic heterocycles. The first kappa shape index (κ1) is 31.0. The number of imidazole rings is 1. The Morgan fingerprint density at radius 1 is 1.10 bits per heavy atom. The lowest BCUT2D eigenvalue weighted by atomic mass is 9.91. The van der Waals surface area contributed by atoms with Gasteiger partial charge in [0.15, 0.2) is 0 Å². The number of hydrogen-bond donors (Lipinski definition) is 2. The molecule has 0 bridgehead atoms. The number of fused-ring (bicyclic) bond motifs is 1. The number of likely N-dealkylation sites (tertiary alicyclic amines) is 1. The number of aromatic amines is 1. The molecule has 2 aromatic rings. The highest BCUT2D eigenvalue weighted by Crippen LogP contribution is 2.35. The number of rotatable bonds is 11. The van der Waals surface area contributed by atoms with Gasteiger partial charge in [-0.3, -0.25) is 9.55 Å². The summed E-state index contributed by atoms with van der Waals surface area (Å²) in [5, 5.41) is 0. The van der Waals surface area contributed by atoms with Crippen LogP contribution in [0, 0.1) is 19.8 Å². The summed E-state index contributed by atoms with van der Waals surface area (Å²) in [7, 11) is -1.51. The van der Waals surface area contributed by atoms with Crippen LogP contribution < -0.4 is 0 Å². The summed E-state index contributed by atoms with van der Waals surface area (Å²) in [5.41, 5.74) is 6.26. The van der Waals surface area contributed by atoms with Gasteiger partial charge in [-0.05, 0) is 109 Å². The van der Waals surface area contributed by atoms with E-state index in [0.29, 0.717) is 21.2 Å². The van der Waals surface area contributed by atoms with Gasteiger partial charge < -0.3 is 9.88 Å². The van der Waals surface area contributed by atoms with Crippen molar-refractivity contribution in [1.82, 2.24) is 14.9 Å². The number of aryl methyl sites for hydroxylation is 2. The number of nitrogens with zero attached hydrogens (tertiary/aromatic N) is 3. The van der Waals surface area contributed by atoms with Crippen molar-refractivity contribution < 1.29 is 13.0 Å². The van der Waals surface area contributed by atoms with Crippen LogP contribution in [-0.2, 0) is 9.15 Å².